The van der Waals surface area contributed by atoms with Crippen molar-refractivity contribution in [3.8, 4) is 0 Å². The third-order valence-corrected chi connectivity index (χ3v) is 4.84. The topological polar surface area (TPSA) is 61.4 Å². The summed E-state index contributed by atoms with van der Waals surface area (Å²) in [5, 5.41) is 6.34. The summed E-state index contributed by atoms with van der Waals surface area (Å²) in [5.41, 5.74) is 0.428. The van der Waals surface area contributed by atoms with Crippen LogP contribution in [0.1, 0.15) is 42.5 Å². The zero-order valence-corrected chi connectivity index (χ0v) is 15.0. The van der Waals surface area contributed by atoms with E-state index >= 15 is 0 Å². The molecule has 2 amide bonds. The number of halogens is 2. The molecule has 1 aromatic rings. The first-order valence-corrected chi connectivity index (χ1v) is 8.69. The maximum absolute atomic E-state index is 12.8. The number of benzene rings is 1. The number of nitrogens with one attached hydrogen (secondary N) is 2. The minimum Gasteiger partial charge on any atom is -0.352 e. The van der Waals surface area contributed by atoms with E-state index in [0.29, 0.717) is 37.0 Å². The van der Waals surface area contributed by atoms with Crippen LogP contribution in [0.4, 0.5) is 4.39 Å². The molecule has 2 aliphatic rings. The minimum absolute atomic E-state index is 0. The molecular formula is C18H25ClFN3O2. The van der Waals surface area contributed by atoms with Crippen LogP contribution in [0.25, 0.3) is 0 Å². The second-order valence-corrected chi connectivity index (χ2v) is 6.63. The van der Waals surface area contributed by atoms with Crippen molar-refractivity contribution in [3.63, 3.8) is 0 Å². The number of carbonyl (C=O) groups is 2. The largest absolute Gasteiger partial charge is 0.352 e. The Balaban J connectivity index is 0.00000225. The Bertz CT molecular complexity index is 596. The molecule has 2 bridgehead atoms. The third-order valence-electron chi connectivity index (χ3n) is 4.84. The zero-order valence-electron chi connectivity index (χ0n) is 14.2. The Morgan fingerprint density at radius 2 is 1.88 bits per heavy atom. The number of amides is 2. The predicted molar refractivity (Wildman–Crippen MR) is 96.4 cm³/mol. The fraction of sp³-hybridized carbons (Fsp3) is 0.556. The first-order valence-electron chi connectivity index (χ1n) is 8.69. The Kier molecular flexibility index (Phi) is 7.20. The number of hydrogen-bond acceptors (Lipinski definition) is 3. The van der Waals surface area contributed by atoms with Gasteiger partial charge in [0.2, 0.25) is 5.91 Å². The van der Waals surface area contributed by atoms with Crippen molar-refractivity contribution < 1.29 is 14.0 Å². The van der Waals surface area contributed by atoms with Crippen molar-refractivity contribution in [2.24, 2.45) is 0 Å². The van der Waals surface area contributed by atoms with E-state index in [1.165, 1.54) is 30.7 Å². The predicted octanol–water partition coefficient (Wildman–Crippen LogP) is 2.11. The van der Waals surface area contributed by atoms with E-state index < -0.39 is 0 Å². The van der Waals surface area contributed by atoms with Crippen molar-refractivity contribution in [1.82, 2.24) is 15.5 Å². The van der Waals surface area contributed by atoms with E-state index in [0.717, 1.165) is 25.9 Å². The lowest BCUT2D eigenvalue weighted by molar-refractivity contribution is -0.131. The summed E-state index contributed by atoms with van der Waals surface area (Å²) in [7, 11) is 0. The second kappa shape index (κ2) is 9.15. The maximum Gasteiger partial charge on any atom is 0.251 e. The van der Waals surface area contributed by atoms with Crippen molar-refractivity contribution >= 4 is 24.2 Å². The number of fused-ring (bicyclic) bond motifs is 2. The normalized spacial score (nSPS) is 22.0. The average Bonchev–Trinajstić information content (AvgIpc) is 2.90. The lowest BCUT2D eigenvalue weighted by Gasteiger charge is -2.24. The van der Waals surface area contributed by atoms with Crippen molar-refractivity contribution in [2.75, 3.05) is 19.6 Å². The van der Waals surface area contributed by atoms with E-state index in [-0.39, 0.29) is 30.0 Å². The maximum atomic E-state index is 12.8. The number of nitrogens with zero attached hydrogens (tertiary/aromatic N) is 1. The number of rotatable bonds is 5. The summed E-state index contributed by atoms with van der Waals surface area (Å²) in [6.45, 7) is 2.08. The monoisotopic (exact) mass is 369 g/mol. The van der Waals surface area contributed by atoms with Gasteiger partial charge >= 0.3 is 0 Å². The van der Waals surface area contributed by atoms with Gasteiger partial charge in [-0.25, -0.2) is 4.39 Å². The van der Waals surface area contributed by atoms with E-state index in [2.05, 4.69) is 10.6 Å². The molecule has 7 heteroatoms. The van der Waals surface area contributed by atoms with Crippen molar-refractivity contribution in [1.29, 1.82) is 0 Å². The highest BCUT2D eigenvalue weighted by atomic mass is 35.5. The van der Waals surface area contributed by atoms with Gasteiger partial charge in [0.1, 0.15) is 5.82 Å². The van der Waals surface area contributed by atoms with Gasteiger partial charge in [0.15, 0.2) is 0 Å². The molecular weight excluding hydrogens is 345 g/mol. The van der Waals surface area contributed by atoms with Crippen LogP contribution in [0.5, 0.6) is 0 Å². The van der Waals surface area contributed by atoms with Gasteiger partial charge in [0.25, 0.3) is 5.91 Å². The first kappa shape index (κ1) is 19.7. The van der Waals surface area contributed by atoms with Gasteiger partial charge in [-0.05, 0) is 49.9 Å². The molecule has 2 saturated heterocycles. The minimum atomic E-state index is -0.363. The van der Waals surface area contributed by atoms with Gasteiger partial charge in [-0.2, -0.15) is 0 Å². The van der Waals surface area contributed by atoms with Crippen molar-refractivity contribution in [2.45, 2.75) is 44.2 Å². The molecule has 25 heavy (non-hydrogen) atoms. The molecule has 0 aromatic heterocycles. The highest BCUT2D eigenvalue weighted by molar-refractivity contribution is 5.94. The highest BCUT2D eigenvalue weighted by Gasteiger charge is 2.30. The summed E-state index contributed by atoms with van der Waals surface area (Å²) in [6.07, 6.45) is 4.47. The van der Waals surface area contributed by atoms with E-state index in [1.807, 2.05) is 4.90 Å². The lowest BCUT2D eigenvalue weighted by atomic mass is 10.1. The van der Waals surface area contributed by atoms with Crippen LogP contribution < -0.4 is 10.6 Å². The smallest absolute Gasteiger partial charge is 0.251 e. The molecule has 2 fully saturated rings. The summed E-state index contributed by atoms with van der Waals surface area (Å²) >= 11 is 0. The lowest BCUT2D eigenvalue weighted by Crippen LogP contribution is -2.39. The first-order chi connectivity index (χ1) is 11.6. The molecule has 0 saturated carbocycles. The standard InChI is InChI=1S/C18H24FN3O2.ClH/c19-14-5-3-13(4-6-14)18(24)20-10-1-2-17(23)22-11-9-15-7-8-16(12-22)21-15;/h3-6,15-16,21H,1-2,7-12H2,(H,20,24);1H. The SMILES string of the molecule is Cl.O=C(NCCCC(=O)N1CCC2CCC(C1)N2)c1ccc(F)cc1. The quantitative estimate of drug-likeness (QED) is 0.781. The van der Waals surface area contributed by atoms with Gasteiger partial charge in [-0.1, -0.05) is 0 Å². The summed E-state index contributed by atoms with van der Waals surface area (Å²) in [4.78, 5) is 26.2. The molecule has 1 aromatic carbocycles. The van der Waals surface area contributed by atoms with E-state index in [1.54, 1.807) is 0 Å². The molecule has 2 aliphatic heterocycles. The Labute approximate surface area is 153 Å². The number of carbonyl (C=O) groups excluding carboxylic acids is 2. The zero-order chi connectivity index (χ0) is 16.9. The molecule has 0 radical (unpaired) electrons. The van der Waals surface area contributed by atoms with Crippen LogP contribution >= 0.6 is 12.4 Å². The van der Waals surface area contributed by atoms with Crippen LogP contribution in [-0.4, -0.2) is 48.4 Å². The van der Waals surface area contributed by atoms with Crippen LogP contribution in [0.15, 0.2) is 24.3 Å². The molecule has 3 rings (SSSR count). The second-order valence-electron chi connectivity index (χ2n) is 6.63. The van der Waals surface area contributed by atoms with E-state index in [4.69, 9.17) is 0 Å². The van der Waals surface area contributed by atoms with Gasteiger partial charge < -0.3 is 15.5 Å². The fourth-order valence-electron chi connectivity index (χ4n) is 3.47. The van der Waals surface area contributed by atoms with Crippen molar-refractivity contribution in [3.05, 3.63) is 35.6 Å². The molecule has 2 unspecified atom stereocenters. The number of likely N-dealkylation sites (tertiary alicyclic amines) is 1. The Morgan fingerprint density at radius 3 is 2.64 bits per heavy atom. The summed E-state index contributed by atoms with van der Waals surface area (Å²) in [5.74, 6) is -0.433. The van der Waals surface area contributed by atoms with Gasteiger partial charge in [-0.15, -0.1) is 12.4 Å². The molecule has 2 heterocycles. The van der Waals surface area contributed by atoms with Crippen LogP contribution in [0.3, 0.4) is 0 Å². The van der Waals surface area contributed by atoms with Crippen LogP contribution in [-0.2, 0) is 4.79 Å². The Hall–Kier alpha value is -1.66. The van der Waals surface area contributed by atoms with Gasteiger partial charge in [0, 0.05) is 43.7 Å². The average molecular weight is 370 g/mol. The molecule has 5 nitrogen and oxygen atoms in total. The fourth-order valence-corrected chi connectivity index (χ4v) is 3.47. The van der Waals surface area contributed by atoms with E-state index in [9.17, 15) is 14.0 Å². The third kappa shape index (κ3) is 5.41. The number of hydrogen-bond donors (Lipinski definition) is 2. The Morgan fingerprint density at radius 1 is 1.16 bits per heavy atom. The molecule has 2 N–H and O–H groups in total. The van der Waals surface area contributed by atoms with Crippen LogP contribution in [0, 0.1) is 5.82 Å². The molecule has 2 atom stereocenters. The molecule has 0 spiro atoms. The van der Waals surface area contributed by atoms with Gasteiger partial charge in [0.05, 0.1) is 0 Å². The molecule has 138 valence electrons. The molecule has 0 aliphatic carbocycles. The van der Waals surface area contributed by atoms with Gasteiger partial charge in [-0.3, -0.25) is 9.59 Å². The summed E-state index contributed by atoms with van der Waals surface area (Å²) in [6, 6.07) is 6.45. The van der Waals surface area contributed by atoms with Crippen LogP contribution in [0.2, 0.25) is 0 Å². The highest BCUT2D eigenvalue weighted by Crippen LogP contribution is 2.20. The summed E-state index contributed by atoms with van der Waals surface area (Å²) < 4.78 is 12.8.